The standard InChI is InChI=1S/C24H19FN2O2S/c25-18-11-9-16(10-12-18)15-27-23(28)21(20-8-4-14-30-20)22(24(27)29)26-13-3-6-17-5-1-2-7-19(17)26/h1-2,4-5,7-12,14H,3,6,13,15H2. The largest absolute Gasteiger partial charge is 0.336 e. The topological polar surface area (TPSA) is 40.6 Å². The number of benzene rings is 2. The zero-order chi connectivity index (χ0) is 20.7. The Labute approximate surface area is 177 Å². The van der Waals surface area contributed by atoms with E-state index in [0.717, 1.165) is 23.4 Å². The van der Waals surface area contributed by atoms with Gasteiger partial charge in [0.15, 0.2) is 0 Å². The lowest BCUT2D eigenvalue weighted by atomic mass is 10.00. The number of halogens is 1. The van der Waals surface area contributed by atoms with Crippen molar-refractivity contribution in [1.82, 2.24) is 4.90 Å². The van der Waals surface area contributed by atoms with Crippen molar-refractivity contribution in [2.75, 3.05) is 11.4 Å². The maximum atomic E-state index is 13.5. The molecule has 0 fully saturated rings. The Morgan fingerprint density at radius 3 is 2.50 bits per heavy atom. The molecule has 6 heteroatoms. The van der Waals surface area contributed by atoms with Crippen molar-refractivity contribution in [3.8, 4) is 0 Å². The van der Waals surface area contributed by atoms with Gasteiger partial charge in [0.05, 0.1) is 12.1 Å². The molecule has 3 aromatic rings. The van der Waals surface area contributed by atoms with Crippen molar-refractivity contribution in [3.05, 3.63) is 93.6 Å². The number of hydrogen-bond acceptors (Lipinski definition) is 4. The van der Waals surface area contributed by atoms with Gasteiger partial charge < -0.3 is 4.90 Å². The van der Waals surface area contributed by atoms with E-state index in [1.54, 1.807) is 12.1 Å². The Balaban J connectivity index is 1.59. The van der Waals surface area contributed by atoms with E-state index in [1.165, 1.54) is 33.9 Å². The van der Waals surface area contributed by atoms with Crippen LogP contribution in [-0.4, -0.2) is 23.3 Å². The molecule has 5 rings (SSSR count). The maximum absolute atomic E-state index is 13.5. The lowest BCUT2D eigenvalue weighted by Gasteiger charge is -2.32. The fourth-order valence-corrected chi connectivity index (χ4v) is 4.90. The van der Waals surface area contributed by atoms with Crippen molar-refractivity contribution >= 4 is 34.4 Å². The minimum absolute atomic E-state index is 0.117. The van der Waals surface area contributed by atoms with E-state index >= 15 is 0 Å². The minimum Gasteiger partial charge on any atom is -0.336 e. The Bertz CT molecular complexity index is 1150. The fourth-order valence-electron chi connectivity index (χ4n) is 4.14. The number of carbonyl (C=O) groups excluding carboxylic acids is 2. The van der Waals surface area contributed by atoms with Crippen LogP contribution in [0.2, 0.25) is 0 Å². The summed E-state index contributed by atoms with van der Waals surface area (Å²) < 4.78 is 13.3. The number of amides is 2. The van der Waals surface area contributed by atoms with E-state index in [1.807, 2.05) is 40.6 Å². The highest BCUT2D eigenvalue weighted by Crippen LogP contribution is 2.39. The van der Waals surface area contributed by atoms with Gasteiger partial charge in [0.25, 0.3) is 11.8 Å². The molecule has 0 unspecified atom stereocenters. The van der Waals surface area contributed by atoms with Gasteiger partial charge in [0.1, 0.15) is 11.5 Å². The SMILES string of the molecule is O=C1C(c2cccs2)=C(N2CCCc3ccccc32)C(=O)N1Cc1ccc(F)cc1. The van der Waals surface area contributed by atoms with Crippen LogP contribution in [0.25, 0.3) is 5.57 Å². The highest BCUT2D eigenvalue weighted by Gasteiger charge is 2.43. The van der Waals surface area contributed by atoms with Gasteiger partial charge >= 0.3 is 0 Å². The molecule has 0 aliphatic carbocycles. The molecule has 0 radical (unpaired) electrons. The van der Waals surface area contributed by atoms with E-state index in [9.17, 15) is 14.0 Å². The summed E-state index contributed by atoms with van der Waals surface area (Å²) >= 11 is 1.45. The predicted octanol–water partition coefficient (Wildman–Crippen LogP) is 4.62. The van der Waals surface area contributed by atoms with E-state index in [2.05, 4.69) is 6.07 Å². The zero-order valence-corrected chi connectivity index (χ0v) is 17.0. The van der Waals surface area contributed by atoms with Gasteiger partial charge in [0, 0.05) is 17.1 Å². The van der Waals surface area contributed by atoms with E-state index in [4.69, 9.17) is 0 Å². The number of para-hydroxylation sites is 1. The third-order valence-corrected chi connectivity index (χ3v) is 6.43. The zero-order valence-electron chi connectivity index (χ0n) is 16.2. The summed E-state index contributed by atoms with van der Waals surface area (Å²) in [5, 5.41) is 1.91. The predicted molar refractivity (Wildman–Crippen MR) is 115 cm³/mol. The van der Waals surface area contributed by atoms with Crippen LogP contribution in [0.1, 0.15) is 22.4 Å². The van der Waals surface area contributed by atoms with Gasteiger partial charge in [-0.3, -0.25) is 14.5 Å². The van der Waals surface area contributed by atoms with Gasteiger partial charge in [-0.2, -0.15) is 0 Å². The van der Waals surface area contributed by atoms with Crippen LogP contribution in [0, 0.1) is 5.82 Å². The Kier molecular flexibility index (Phi) is 4.71. The molecule has 0 bridgehead atoms. The van der Waals surface area contributed by atoms with Crippen molar-refractivity contribution in [2.24, 2.45) is 0 Å². The quantitative estimate of drug-likeness (QED) is 0.581. The highest BCUT2D eigenvalue weighted by molar-refractivity contribution is 7.11. The summed E-state index contributed by atoms with van der Waals surface area (Å²) in [6.45, 7) is 0.802. The number of anilines is 1. The monoisotopic (exact) mass is 418 g/mol. The lowest BCUT2D eigenvalue weighted by molar-refractivity contribution is -0.137. The van der Waals surface area contributed by atoms with Crippen LogP contribution in [0.5, 0.6) is 0 Å². The van der Waals surface area contributed by atoms with Gasteiger partial charge in [-0.05, 0) is 53.6 Å². The molecule has 2 aromatic carbocycles. The normalized spacial score (nSPS) is 16.4. The Morgan fingerprint density at radius 1 is 0.933 bits per heavy atom. The molecule has 2 aliphatic rings. The average Bonchev–Trinajstić information content (AvgIpc) is 3.37. The average molecular weight is 418 g/mol. The number of imide groups is 1. The molecule has 0 atom stereocenters. The molecule has 30 heavy (non-hydrogen) atoms. The summed E-state index contributed by atoms with van der Waals surface area (Å²) in [6.07, 6.45) is 1.87. The first-order valence-corrected chi connectivity index (χ1v) is 10.8. The number of rotatable bonds is 4. The molecular formula is C24H19FN2O2S. The number of thiophene rings is 1. The number of carbonyl (C=O) groups is 2. The molecule has 3 heterocycles. The minimum atomic E-state index is -0.346. The Hall–Kier alpha value is -3.25. The molecule has 4 nitrogen and oxygen atoms in total. The van der Waals surface area contributed by atoms with Crippen LogP contribution in [0.4, 0.5) is 10.1 Å². The van der Waals surface area contributed by atoms with Crippen molar-refractivity contribution in [1.29, 1.82) is 0 Å². The summed E-state index contributed by atoms with van der Waals surface area (Å²) in [5.41, 5.74) is 3.77. The lowest BCUT2D eigenvalue weighted by Crippen LogP contribution is -2.36. The number of nitrogens with zero attached hydrogens (tertiary/aromatic N) is 2. The van der Waals surface area contributed by atoms with E-state index in [0.29, 0.717) is 23.4 Å². The molecule has 1 aromatic heterocycles. The molecule has 2 amide bonds. The molecular weight excluding hydrogens is 399 g/mol. The molecule has 0 N–H and O–H groups in total. The number of fused-ring (bicyclic) bond motifs is 1. The molecule has 0 spiro atoms. The first-order chi connectivity index (χ1) is 14.6. The summed E-state index contributed by atoms with van der Waals surface area (Å²) in [6, 6.07) is 17.7. The van der Waals surface area contributed by atoms with Gasteiger partial charge in [0.2, 0.25) is 0 Å². The van der Waals surface area contributed by atoms with Crippen molar-refractivity contribution in [2.45, 2.75) is 19.4 Å². The summed E-state index contributed by atoms with van der Waals surface area (Å²) in [4.78, 5) is 31.0. The molecule has 0 saturated carbocycles. The molecule has 150 valence electrons. The van der Waals surface area contributed by atoms with Gasteiger partial charge in [-0.25, -0.2) is 4.39 Å². The first-order valence-electron chi connectivity index (χ1n) is 9.88. The van der Waals surface area contributed by atoms with Crippen LogP contribution >= 0.6 is 11.3 Å². The second-order valence-electron chi connectivity index (χ2n) is 7.41. The van der Waals surface area contributed by atoms with Crippen LogP contribution in [0.3, 0.4) is 0 Å². The van der Waals surface area contributed by atoms with Gasteiger partial charge in [-0.1, -0.05) is 36.4 Å². The van der Waals surface area contributed by atoms with Crippen molar-refractivity contribution in [3.63, 3.8) is 0 Å². The summed E-state index contributed by atoms with van der Waals surface area (Å²) in [7, 11) is 0. The first kappa shape index (κ1) is 18.8. The van der Waals surface area contributed by atoms with E-state index < -0.39 is 0 Å². The van der Waals surface area contributed by atoms with Crippen LogP contribution in [0.15, 0.2) is 71.7 Å². The van der Waals surface area contributed by atoms with Crippen LogP contribution in [-0.2, 0) is 22.6 Å². The third-order valence-electron chi connectivity index (χ3n) is 5.55. The van der Waals surface area contributed by atoms with E-state index in [-0.39, 0.29) is 24.2 Å². The number of hydrogen-bond donors (Lipinski definition) is 0. The fraction of sp³-hybridized carbons (Fsp3) is 0.167. The maximum Gasteiger partial charge on any atom is 0.278 e. The molecule has 0 saturated heterocycles. The second kappa shape index (κ2) is 7.54. The Morgan fingerprint density at radius 2 is 1.73 bits per heavy atom. The second-order valence-corrected chi connectivity index (χ2v) is 8.36. The highest BCUT2D eigenvalue weighted by atomic mass is 32.1. The smallest absolute Gasteiger partial charge is 0.278 e. The van der Waals surface area contributed by atoms with Gasteiger partial charge in [-0.15, -0.1) is 11.3 Å². The van der Waals surface area contributed by atoms with Crippen LogP contribution < -0.4 is 4.90 Å². The number of aryl methyl sites for hydroxylation is 1. The molecule has 2 aliphatic heterocycles. The van der Waals surface area contributed by atoms with Crippen molar-refractivity contribution < 1.29 is 14.0 Å². The third kappa shape index (κ3) is 3.13. The summed E-state index contributed by atoms with van der Waals surface area (Å²) in [5.74, 6) is -0.949.